The van der Waals surface area contributed by atoms with Crippen LogP contribution in [0, 0.1) is 11.3 Å². The van der Waals surface area contributed by atoms with Crippen LogP contribution in [0.4, 0.5) is 30.4 Å². The molecule has 1 aromatic heterocycles. The zero-order valence-electron chi connectivity index (χ0n) is 9.94. The van der Waals surface area contributed by atoms with Gasteiger partial charge in [-0.2, -0.15) is 18.4 Å². The Balaban J connectivity index is 2.39. The number of alkyl halides is 3. The van der Waals surface area contributed by atoms with Gasteiger partial charge in [0.2, 0.25) is 0 Å². The highest BCUT2D eigenvalue weighted by Crippen LogP contribution is 2.32. The first-order chi connectivity index (χ1) is 9.41. The second-order valence-electron chi connectivity index (χ2n) is 3.82. The number of nitriles is 1. The Bertz CT molecular complexity index is 676. The molecule has 0 saturated carbocycles. The van der Waals surface area contributed by atoms with E-state index >= 15 is 0 Å². The first-order valence-corrected chi connectivity index (χ1v) is 5.35. The van der Waals surface area contributed by atoms with E-state index in [1.165, 1.54) is 12.5 Å². The second kappa shape index (κ2) is 5.05. The predicted molar refractivity (Wildman–Crippen MR) is 65.9 cm³/mol. The van der Waals surface area contributed by atoms with Crippen LogP contribution in [-0.2, 0) is 6.18 Å². The number of nitrogens with zero attached hydrogens (tertiary/aromatic N) is 3. The standard InChI is InChI=1S/C12H8F3N5/c13-12(14,15)8-1-2-10(7(3-8)4-16)20-11-9(17)5-18-6-19-11/h1-3,5-6H,17H2,(H,18,19,20). The molecule has 0 spiro atoms. The van der Waals surface area contributed by atoms with Gasteiger partial charge in [0, 0.05) is 0 Å². The largest absolute Gasteiger partial charge is 0.416 e. The lowest BCUT2D eigenvalue weighted by Gasteiger charge is -2.11. The van der Waals surface area contributed by atoms with Gasteiger partial charge >= 0.3 is 6.18 Å². The minimum absolute atomic E-state index is 0.155. The molecule has 1 heterocycles. The van der Waals surface area contributed by atoms with Crippen molar-refractivity contribution in [3.63, 3.8) is 0 Å². The van der Waals surface area contributed by atoms with Crippen LogP contribution >= 0.6 is 0 Å². The zero-order valence-corrected chi connectivity index (χ0v) is 9.94. The number of hydrogen-bond donors (Lipinski definition) is 2. The Labute approximate surface area is 111 Å². The number of halogens is 3. The van der Waals surface area contributed by atoms with E-state index in [-0.39, 0.29) is 22.8 Å². The number of rotatable bonds is 2. The van der Waals surface area contributed by atoms with Gasteiger partial charge < -0.3 is 11.1 Å². The summed E-state index contributed by atoms with van der Waals surface area (Å²) in [6.07, 6.45) is -1.93. The van der Waals surface area contributed by atoms with Gasteiger partial charge in [0.05, 0.1) is 28.7 Å². The maximum Gasteiger partial charge on any atom is 0.416 e. The van der Waals surface area contributed by atoms with Gasteiger partial charge in [-0.25, -0.2) is 9.97 Å². The Kier molecular flexibility index (Phi) is 3.43. The highest BCUT2D eigenvalue weighted by Gasteiger charge is 2.31. The van der Waals surface area contributed by atoms with E-state index in [4.69, 9.17) is 11.0 Å². The van der Waals surface area contributed by atoms with Crippen LogP contribution in [0.25, 0.3) is 0 Å². The molecule has 2 rings (SSSR count). The average Bonchev–Trinajstić information content (AvgIpc) is 2.40. The highest BCUT2D eigenvalue weighted by molar-refractivity contribution is 5.71. The van der Waals surface area contributed by atoms with E-state index in [2.05, 4.69) is 15.3 Å². The number of benzene rings is 1. The number of anilines is 3. The molecule has 1 aromatic carbocycles. The van der Waals surface area contributed by atoms with Crippen molar-refractivity contribution in [1.82, 2.24) is 9.97 Å². The fraction of sp³-hybridized carbons (Fsp3) is 0.0833. The summed E-state index contributed by atoms with van der Waals surface area (Å²) in [4.78, 5) is 7.53. The van der Waals surface area contributed by atoms with Gasteiger partial charge in [-0.05, 0) is 18.2 Å². The van der Waals surface area contributed by atoms with E-state index in [9.17, 15) is 13.2 Å². The fourth-order valence-corrected chi connectivity index (χ4v) is 1.49. The third-order valence-electron chi connectivity index (χ3n) is 2.46. The first kappa shape index (κ1) is 13.6. The third kappa shape index (κ3) is 2.77. The molecule has 3 N–H and O–H groups in total. The van der Waals surface area contributed by atoms with Crippen molar-refractivity contribution < 1.29 is 13.2 Å². The molecule has 102 valence electrons. The summed E-state index contributed by atoms with van der Waals surface area (Å²) in [6.45, 7) is 0. The molecule has 0 aliphatic rings. The molecule has 0 amide bonds. The van der Waals surface area contributed by atoms with Crippen molar-refractivity contribution in [2.24, 2.45) is 0 Å². The lowest BCUT2D eigenvalue weighted by Crippen LogP contribution is -2.07. The number of hydrogen-bond acceptors (Lipinski definition) is 5. The van der Waals surface area contributed by atoms with Crippen LogP contribution in [-0.4, -0.2) is 9.97 Å². The van der Waals surface area contributed by atoms with Gasteiger partial charge in [-0.3, -0.25) is 0 Å². The smallest absolute Gasteiger partial charge is 0.394 e. The molecule has 20 heavy (non-hydrogen) atoms. The molecule has 0 saturated heterocycles. The van der Waals surface area contributed by atoms with Gasteiger partial charge in [-0.15, -0.1) is 0 Å². The monoisotopic (exact) mass is 279 g/mol. The topological polar surface area (TPSA) is 87.6 Å². The summed E-state index contributed by atoms with van der Waals surface area (Å²) in [6, 6.07) is 4.50. The Hall–Kier alpha value is -2.82. The summed E-state index contributed by atoms with van der Waals surface area (Å²) in [5, 5.41) is 11.6. The Morgan fingerprint density at radius 1 is 1.30 bits per heavy atom. The van der Waals surface area contributed by atoms with Crippen LogP contribution < -0.4 is 11.1 Å². The molecule has 0 atom stereocenters. The normalized spacial score (nSPS) is 10.9. The van der Waals surface area contributed by atoms with E-state index in [1.54, 1.807) is 6.07 Å². The average molecular weight is 279 g/mol. The van der Waals surface area contributed by atoms with E-state index in [1.807, 2.05) is 0 Å². The van der Waals surface area contributed by atoms with E-state index < -0.39 is 11.7 Å². The number of aromatic nitrogens is 2. The lowest BCUT2D eigenvalue weighted by atomic mass is 10.1. The van der Waals surface area contributed by atoms with Gasteiger partial charge in [0.25, 0.3) is 0 Å². The molecule has 8 heteroatoms. The van der Waals surface area contributed by atoms with Gasteiger partial charge in [0.1, 0.15) is 12.4 Å². The minimum Gasteiger partial charge on any atom is -0.394 e. The maximum absolute atomic E-state index is 12.6. The minimum atomic E-state index is -4.50. The quantitative estimate of drug-likeness (QED) is 0.882. The van der Waals surface area contributed by atoms with Crippen LogP contribution in [0.3, 0.4) is 0 Å². The van der Waals surface area contributed by atoms with Crippen molar-refractivity contribution in [3.8, 4) is 6.07 Å². The van der Waals surface area contributed by atoms with Crippen molar-refractivity contribution >= 4 is 17.2 Å². The first-order valence-electron chi connectivity index (χ1n) is 5.35. The van der Waals surface area contributed by atoms with E-state index in [0.29, 0.717) is 0 Å². The van der Waals surface area contributed by atoms with Gasteiger partial charge in [-0.1, -0.05) is 0 Å². The maximum atomic E-state index is 12.6. The molecular formula is C12H8F3N5. The van der Waals surface area contributed by atoms with Crippen molar-refractivity contribution in [2.75, 3.05) is 11.1 Å². The lowest BCUT2D eigenvalue weighted by molar-refractivity contribution is -0.137. The molecule has 0 bridgehead atoms. The van der Waals surface area contributed by atoms with Gasteiger partial charge in [0.15, 0.2) is 5.82 Å². The molecule has 0 aliphatic carbocycles. The summed E-state index contributed by atoms with van der Waals surface area (Å²) >= 11 is 0. The summed E-state index contributed by atoms with van der Waals surface area (Å²) in [5.74, 6) is 0.219. The molecule has 0 fully saturated rings. The predicted octanol–water partition coefficient (Wildman–Crippen LogP) is 2.69. The van der Waals surface area contributed by atoms with Crippen molar-refractivity contribution in [2.45, 2.75) is 6.18 Å². The Morgan fingerprint density at radius 3 is 2.65 bits per heavy atom. The van der Waals surface area contributed by atoms with Crippen LogP contribution in [0.1, 0.15) is 11.1 Å². The molecule has 0 aliphatic heterocycles. The SMILES string of the molecule is N#Cc1cc(C(F)(F)F)ccc1Nc1ncncc1N. The van der Waals surface area contributed by atoms with E-state index in [0.717, 1.165) is 18.2 Å². The number of nitrogen functional groups attached to an aromatic ring is 1. The van der Waals surface area contributed by atoms with Crippen LogP contribution in [0.15, 0.2) is 30.7 Å². The zero-order chi connectivity index (χ0) is 14.8. The fourth-order valence-electron chi connectivity index (χ4n) is 1.49. The van der Waals surface area contributed by atoms with Crippen molar-refractivity contribution in [3.05, 3.63) is 41.9 Å². The summed E-state index contributed by atoms with van der Waals surface area (Å²) in [7, 11) is 0. The molecule has 0 unspecified atom stereocenters. The molecule has 2 aromatic rings. The third-order valence-corrected chi connectivity index (χ3v) is 2.46. The molecule has 5 nitrogen and oxygen atoms in total. The summed E-state index contributed by atoms with van der Waals surface area (Å²) in [5.41, 5.74) is 4.97. The van der Waals surface area contributed by atoms with Crippen molar-refractivity contribution in [1.29, 1.82) is 5.26 Å². The number of nitrogens with one attached hydrogen (secondary N) is 1. The molecule has 0 radical (unpaired) electrons. The number of nitrogens with two attached hydrogens (primary N) is 1. The summed E-state index contributed by atoms with van der Waals surface area (Å²) < 4.78 is 37.7. The second-order valence-corrected chi connectivity index (χ2v) is 3.82. The Morgan fingerprint density at radius 2 is 2.05 bits per heavy atom. The highest BCUT2D eigenvalue weighted by atomic mass is 19.4. The van der Waals surface area contributed by atoms with Crippen LogP contribution in [0.2, 0.25) is 0 Å². The van der Waals surface area contributed by atoms with Crippen LogP contribution in [0.5, 0.6) is 0 Å². The molecular weight excluding hydrogens is 271 g/mol.